The summed E-state index contributed by atoms with van der Waals surface area (Å²) in [5, 5.41) is 0. The SMILES string of the molecule is CCC(CC)CN1CCC(Br)C1. The maximum absolute atomic E-state index is 3.67. The Labute approximate surface area is 84.6 Å². The van der Waals surface area contributed by atoms with Crippen LogP contribution in [0.4, 0.5) is 0 Å². The highest BCUT2D eigenvalue weighted by atomic mass is 79.9. The van der Waals surface area contributed by atoms with E-state index in [2.05, 4.69) is 34.7 Å². The Morgan fingerprint density at radius 3 is 2.50 bits per heavy atom. The van der Waals surface area contributed by atoms with Crippen LogP contribution in [0.2, 0.25) is 0 Å². The summed E-state index contributed by atoms with van der Waals surface area (Å²) in [6.07, 6.45) is 4.00. The summed E-state index contributed by atoms with van der Waals surface area (Å²) in [6.45, 7) is 8.48. The Kier molecular flexibility index (Phi) is 4.59. The van der Waals surface area contributed by atoms with Crippen LogP contribution in [0, 0.1) is 5.92 Å². The summed E-state index contributed by atoms with van der Waals surface area (Å²) in [5.74, 6) is 0.919. The van der Waals surface area contributed by atoms with Crippen LogP contribution in [-0.4, -0.2) is 29.4 Å². The molecule has 0 aromatic heterocycles. The fourth-order valence-corrected chi connectivity index (χ4v) is 2.48. The van der Waals surface area contributed by atoms with Crippen LogP contribution in [0.25, 0.3) is 0 Å². The van der Waals surface area contributed by atoms with E-state index in [9.17, 15) is 0 Å². The summed E-state index contributed by atoms with van der Waals surface area (Å²) in [6, 6.07) is 0. The maximum atomic E-state index is 3.67. The Hall–Kier alpha value is 0.440. The van der Waals surface area contributed by atoms with E-state index in [1.54, 1.807) is 0 Å². The summed E-state index contributed by atoms with van der Waals surface area (Å²) in [7, 11) is 0. The molecule has 0 spiro atoms. The minimum Gasteiger partial charge on any atom is -0.302 e. The Morgan fingerprint density at radius 2 is 2.08 bits per heavy atom. The molecule has 0 amide bonds. The molecule has 1 fully saturated rings. The number of rotatable bonds is 4. The minimum absolute atomic E-state index is 0.756. The van der Waals surface area contributed by atoms with Gasteiger partial charge in [-0.15, -0.1) is 0 Å². The van der Waals surface area contributed by atoms with Gasteiger partial charge in [0.15, 0.2) is 0 Å². The van der Waals surface area contributed by atoms with Crippen LogP contribution >= 0.6 is 15.9 Å². The molecule has 1 unspecified atom stereocenters. The van der Waals surface area contributed by atoms with Crippen molar-refractivity contribution in [1.29, 1.82) is 0 Å². The smallest absolute Gasteiger partial charge is 0.0285 e. The Morgan fingerprint density at radius 1 is 1.42 bits per heavy atom. The van der Waals surface area contributed by atoms with Gasteiger partial charge >= 0.3 is 0 Å². The number of nitrogens with zero attached hydrogens (tertiary/aromatic N) is 1. The average Bonchev–Trinajstić information content (AvgIpc) is 2.47. The molecule has 1 aliphatic rings. The number of alkyl halides is 1. The molecule has 12 heavy (non-hydrogen) atoms. The molecule has 1 heterocycles. The predicted molar refractivity (Wildman–Crippen MR) is 57.8 cm³/mol. The first-order valence-corrected chi connectivity index (χ1v) is 6.04. The molecule has 1 aliphatic heterocycles. The lowest BCUT2D eigenvalue weighted by atomic mass is 10.0. The van der Waals surface area contributed by atoms with Gasteiger partial charge in [0.1, 0.15) is 0 Å². The van der Waals surface area contributed by atoms with Gasteiger partial charge in [-0.3, -0.25) is 0 Å². The second kappa shape index (κ2) is 5.23. The van der Waals surface area contributed by atoms with Gasteiger partial charge in [0, 0.05) is 17.9 Å². The van der Waals surface area contributed by atoms with E-state index in [1.807, 2.05) is 0 Å². The predicted octanol–water partition coefficient (Wildman–Crippen LogP) is 2.89. The largest absolute Gasteiger partial charge is 0.302 e. The van der Waals surface area contributed by atoms with E-state index in [0.29, 0.717) is 0 Å². The lowest BCUT2D eigenvalue weighted by Crippen LogP contribution is -2.27. The van der Waals surface area contributed by atoms with Crippen molar-refractivity contribution >= 4 is 15.9 Å². The van der Waals surface area contributed by atoms with Crippen LogP contribution < -0.4 is 0 Å². The van der Waals surface area contributed by atoms with E-state index in [1.165, 1.54) is 38.9 Å². The zero-order valence-corrected chi connectivity index (χ0v) is 9.81. The van der Waals surface area contributed by atoms with E-state index in [4.69, 9.17) is 0 Å². The Bertz CT molecular complexity index is 123. The molecule has 0 aliphatic carbocycles. The highest BCUT2D eigenvalue weighted by Gasteiger charge is 2.21. The first kappa shape index (κ1) is 10.5. The molecular weight excluding hydrogens is 214 g/mol. The minimum atomic E-state index is 0.756. The fourth-order valence-electron chi connectivity index (χ4n) is 1.86. The average molecular weight is 234 g/mol. The lowest BCUT2D eigenvalue weighted by molar-refractivity contribution is 0.269. The van der Waals surface area contributed by atoms with Gasteiger partial charge in [-0.25, -0.2) is 0 Å². The van der Waals surface area contributed by atoms with E-state index in [-0.39, 0.29) is 0 Å². The van der Waals surface area contributed by atoms with Gasteiger partial charge in [-0.1, -0.05) is 42.6 Å². The molecule has 2 heteroatoms. The van der Waals surface area contributed by atoms with Gasteiger partial charge in [-0.05, 0) is 18.9 Å². The van der Waals surface area contributed by atoms with Crippen LogP contribution in [-0.2, 0) is 0 Å². The van der Waals surface area contributed by atoms with Gasteiger partial charge < -0.3 is 4.90 Å². The summed E-state index contributed by atoms with van der Waals surface area (Å²) < 4.78 is 0. The highest BCUT2D eigenvalue weighted by Crippen LogP contribution is 2.19. The van der Waals surface area contributed by atoms with Crippen molar-refractivity contribution in [2.24, 2.45) is 5.92 Å². The number of hydrogen-bond acceptors (Lipinski definition) is 1. The molecule has 72 valence electrons. The van der Waals surface area contributed by atoms with Crippen molar-refractivity contribution in [3.05, 3.63) is 0 Å². The highest BCUT2D eigenvalue weighted by molar-refractivity contribution is 9.09. The van der Waals surface area contributed by atoms with Crippen molar-refractivity contribution in [3.63, 3.8) is 0 Å². The summed E-state index contributed by atoms with van der Waals surface area (Å²) in [5.41, 5.74) is 0. The number of halogens is 1. The molecule has 0 bridgehead atoms. The monoisotopic (exact) mass is 233 g/mol. The molecule has 0 N–H and O–H groups in total. The lowest BCUT2D eigenvalue weighted by Gasteiger charge is -2.21. The molecule has 0 saturated carbocycles. The molecule has 1 nitrogen and oxygen atoms in total. The van der Waals surface area contributed by atoms with Crippen LogP contribution in [0.5, 0.6) is 0 Å². The van der Waals surface area contributed by atoms with Crippen molar-refractivity contribution in [2.45, 2.75) is 37.9 Å². The topological polar surface area (TPSA) is 3.24 Å². The third-order valence-electron chi connectivity index (χ3n) is 2.89. The molecule has 0 radical (unpaired) electrons. The van der Waals surface area contributed by atoms with E-state index in [0.717, 1.165) is 10.7 Å². The quantitative estimate of drug-likeness (QED) is 0.676. The van der Waals surface area contributed by atoms with Gasteiger partial charge in [0.25, 0.3) is 0 Å². The second-order valence-electron chi connectivity index (χ2n) is 3.83. The fraction of sp³-hybridized carbons (Fsp3) is 1.00. The van der Waals surface area contributed by atoms with Crippen LogP contribution in [0.1, 0.15) is 33.1 Å². The third kappa shape index (κ3) is 3.06. The molecule has 1 atom stereocenters. The molecule has 0 aromatic carbocycles. The van der Waals surface area contributed by atoms with E-state index >= 15 is 0 Å². The Balaban J connectivity index is 2.21. The van der Waals surface area contributed by atoms with Crippen molar-refractivity contribution in [1.82, 2.24) is 4.90 Å². The summed E-state index contributed by atoms with van der Waals surface area (Å²) >= 11 is 3.67. The van der Waals surface area contributed by atoms with Gasteiger partial charge in [-0.2, -0.15) is 0 Å². The van der Waals surface area contributed by atoms with Crippen molar-refractivity contribution in [2.75, 3.05) is 19.6 Å². The zero-order valence-electron chi connectivity index (χ0n) is 8.22. The zero-order chi connectivity index (χ0) is 8.97. The number of likely N-dealkylation sites (tertiary alicyclic amines) is 1. The van der Waals surface area contributed by atoms with E-state index < -0.39 is 0 Å². The molecule has 1 rings (SSSR count). The maximum Gasteiger partial charge on any atom is 0.0285 e. The first-order valence-electron chi connectivity index (χ1n) is 5.12. The van der Waals surface area contributed by atoms with Gasteiger partial charge in [0.2, 0.25) is 0 Å². The normalized spacial score (nSPS) is 25.5. The second-order valence-corrected chi connectivity index (χ2v) is 5.12. The molecular formula is C10H20BrN. The first-order chi connectivity index (χ1) is 5.76. The number of hydrogen-bond donors (Lipinski definition) is 0. The van der Waals surface area contributed by atoms with Crippen LogP contribution in [0.3, 0.4) is 0 Å². The van der Waals surface area contributed by atoms with Crippen LogP contribution in [0.15, 0.2) is 0 Å². The van der Waals surface area contributed by atoms with Gasteiger partial charge in [0.05, 0.1) is 0 Å². The standard InChI is InChI=1S/C10H20BrN/c1-3-9(4-2)7-12-6-5-10(11)8-12/h9-10H,3-8H2,1-2H3. The third-order valence-corrected chi connectivity index (χ3v) is 3.63. The molecule has 0 aromatic rings. The van der Waals surface area contributed by atoms with Crippen molar-refractivity contribution < 1.29 is 0 Å². The molecule has 1 saturated heterocycles. The summed E-state index contributed by atoms with van der Waals surface area (Å²) in [4.78, 5) is 3.35. The van der Waals surface area contributed by atoms with Crippen molar-refractivity contribution in [3.8, 4) is 0 Å².